The Morgan fingerprint density at radius 3 is 2.43 bits per heavy atom. The van der Waals surface area contributed by atoms with Crippen molar-refractivity contribution in [2.24, 2.45) is 7.05 Å². The molecule has 2 aromatic heterocycles. The number of anilines is 1. The van der Waals surface area contributed by atoms with Crippen molar-refractivity contribution in [3.05, 3.63) is 35.4 Å². The third-order valence-corrected chi connectivity index (χ3v) is 4.05. The van der Waals surface area contributed by atoms with E-state index in [4.69, 9.17) is 0 Å². The summed E-state index contributed by atoms with van der Waals surface area (Å²) < 4.78 is 1.63. The van der Waals surface area contributed by atoms with Gasteiger partial charge in [0.25, 0.3) is 5.91 Å². The van der Waals surface area contributed by atoms with E-state index in [1.807, 2.05) is 19.9 Å². The maximum Gasteiger partial charge on any atom is 0.254 e. The summed E-state index contributed by atoms with van der Waals surface area (Å²) in [5.41, 5.74) is 2.58. The van der Waals surface area contributed by atoms with Crippen molar-refractivity contribution in [3.63, 3.8) is 0 Å². The van der Waals surface area contributed by atoms with Crippen LogP contribution in [-0.2, 0) is 7.05 Å². The fourth-order valence-electron chi connectivity index (χ4n) is 2.88. The van der Waals surface area contributed by atoms with E-state index in [2.05, 4.69) is 25.3 Å². The van der Waals surface area contributed by atoms with E-state index in [0.29, 0.717) is 5.56 Å². The number of aryl methyl sites for hydroxylation is 3. The van der Waals surface area contributed by atoms with Gasteiger partial charge in [0.05, 0.1) is 11.8 Å². The molecule has 1 N–H and O–H groups in total. The van der Waals surface area contributed by atoms with Crippen molar-refractivity contribution in [1.29, 1.82) is 0 Å². The van der Waals surface area contributed by atoms with Gasteiger partial charge in [0.1, 0.15) is 0 Å². The minimum absolute atomic E-state index is 0.0563. The van der Waals surface area contributed by atoms with E-state index in [1.54, 1.807) is 24.1 Å². The monoisotopic (exact) mass is 314 g/mol. The van der Waals surface area contributed by atoms with Crippen molar-refractivity contribution in [1.82, 2.24) is 25.1 Å². The highest BCUT2D eigenvalue weighted by atomic mass is 16.1. The van der Waals surface area contributed by atoms with Crippen LogP contribution < -0.4 is 10.2 Å². The maximum atomic E-state index is 12.2. The van der Waals surface area contributed by atoms with Crippen molar-refractivity contribution >= 4 is 11.9 Å². The molecule has 1 saturated heterocycles. The van der Waals surface area contributed by atoms with E-state index in [-0.39, 0.29) is 11.9 Å². The van der Waals surface area contributed by atoms with Gasteiger partial charge in [-0.3, -0.25) is 9.48 Å². The van der Waals surface area contributed by atoms with Gasteiger partial charge >= 0.3 is 0 Å². The summed E-state index contributed by atoms with van der Waals surface area (Å²) in [7, 11) is 1.80. The zero-order valence-electron chi connectivity index (χ0n) is 13.8. The summed E-state index contributed by atoms with van der Waals surface area (Å²) in [6.07, 6.45) is 5.10. The fourth-order valence-corrected chi connectivity index (χ4v) is 2.88. The number of aromatic nitrogens is 4. The van der Waals surface area contributed by atoms with Crippen LogP contribution in [0.15, 0.2) is 18.5 Å². The molecule has 122 valence electrons. The van der Waals surface area contributed by atoms with Crippen molar-refractivity contribution < 1.29 is 4.79 Å². The first kappa shape index (κ1) is 15.5. The molecule has 1 aliphatic heterocycles. The summed E-state index contributed by atoms with van der Waals surface area (Å²) in [5.74, 6) is 0.735. The van der Waals surface area contributed by atoms with Gasteiger partial charge in [0.2, 0.25) is 5.95 Å². The van der Waals surface area contributed by atoms with Gasteiger partial charge in [-0.1, -0.05) is 0 Å². The molecule has 0 saturated carbocycles. The quantitative estimate of drug-likeness (QED) is 0.922. The number of carbonyl (C=O) groups excluding carboxylic acids is 1. The molecule has 0 unspecified atom stereocenters. The van der Waals surface area contributed by atoms with E-state index < -0.39 is 0 Å². The molecule has 23 heavy (non-hydrogen) atoms. The van der Waals surface area contributed by atoms with Gasteiger partial charge in [-0.05, 0) is 32.8 Å². The van der Waals surface area contributed by atoms with Crippen molar-refractivity contribution in [2.45, 2.75) is 32.7 Å². The molecule has 0 aromatic carbocycles. The predicted octanol–water partition coefficient (Wildman–Crippen LogP) is 1.23. The van der Waals surface area contributed by atoms with Crippen LogP contribution in [0.3, 0.4) is 0 Å². The topological polar surface area (TPSA) is 75.9 Å². The number of nitrogens with one attached hydrogen (secondary N) is 1. The van der Waals surface area contributed by atoms with Gasteiger partial charge < -0.3 is 10.2 Å². The smallest absolute Gasteiger partial charge is 0.254 e. The summed E-state index contributed by atoms with van der Waals surface area (Å²) in [5, 5.41) is 7.11. The highest BCUT2D eigenvalue weighted by Crippen LogP contribution is 2.17. The van der Waals surface area contributed by atoms with Crippen LogP contribution >= 0.6 is 0 Å². The van der Waals surface area contributed by atoms with Crippen LogP contribution in [0.4, 0.5) is 5.95 Å². The zero-order valence-corrected chi connectivity index (χ0v) is 13.8. The highest BCUT2D eigenvalue weighted by molar-refractivity contribution is 5.93. The molecule has 1 aliphatic rings. The first-order valence-corrected chi connectivity index (χ1v) is 7.88. The van der Waals surface area contributed by atoms with Crippen LogP contribution in [-0.4, -0.2) is 44.8 Å². The first-order valence-electron chi connectivity index (χ1n) is 7.88. The van der Waals surface area contributed by atoms with Crippen LogP contribution in [0, 0.1) is 13.8 Å². The third kappa shape index (κ3) is 3.67. The van der Waals surface area contributed by atoms with E-state index in [1.165, 1.54) is 0 Å². The lowest BCUT2D eigenvalue weighted by atomic mass is 10.0. The molecule has 1 amide bonds. The van der Waals surface area contributed by atoms with Crippen LogP contribution in [0.25, 0.3) is 0 Å². The van der Waals surface area contributed by atoms with Gasteiger partial charge in [0, 0.05) is 43.8 Å². The number of carbonyl (C=O) groups is 1. The third-order valence-electron chi connectivity index (χ3n) is 4.05. The Bertz CT molecular complexity index is 682. The van der Waals surface area contributed by atoms with Crippen molar-refractivity contribution in [2.75, 3.05) is 18.0 Å². The molecule has 0 radical (unpaired) electrons. The molecule has 1 fully saturated rings. The lowest BCUT2D eigenvalue weighted by Crippen LogP contribution is -2.45. The van der Waals surface area contributed by atoms with Crippen LogP contribution in [0.2, 0.25) is 0 Å². The minimum atomic E-state index is -0.0563. The molecule has 3 heterocycles. The number of rotatable bonds is 3. The highest BCUT2D eigenvalue weighted by Gasteiger charge is 2.23. The number of hydrogen-bond donors (Lipinski definition) is 1. The lowest BCUT2D eigenvalue weighted by Gasteiger charge is -2.32. The largest absolute Gasteiger partial charge is 0.349 e. The average molecular weight is 314 g/mol. The molecular formula is C16H22N6O. The molecule has 0 spiro atoms. The van der Waals surface area contributed by atoms with Gasteiger partial charge in [-0.2, -0.15) is 5.10 Å². The predicted molar refractivity (Wildman–Crippen MR) is 87.4 cm³/mol. The Balaban J connectivity index is 1.57. The fraction of sp³-hybridized carbons (Fsp3) is 0.500. The number of hydrogen-bond acceptors (Lipinski definition) is 5. The number of amides is 1. The summed E-state index contributed by atoms with van der Waals surface area (Å²) in [6.45, 7) is 5.67. The van der Waals surface area contributed by atoms with Crippen LogP contribution in [0.1, 0.15) is 34.6 Å². The molecule has 0 aliphatic carbocycles. The van der Waals surface area contributed by atoms with Crippen LogP contribution in [0.5, 0.6) is 0 Å². The summed E-state index contributed by atoms with van der Waals surface area (Å²) in [6, 6.07) is 2.16. The van der Waals surface area contributed by atoms with Gasteiger partial charge in [0.15, 0.2) is 0 Å². The Kier molecular flexibility index (Phi) is 4.27. The van der Waals surface area contributed by atoms with Gasteiger partial charge in [-0.25, -0.2) is 9.97 Å². The number of piperidine rings is 1. The molecule has 3 rings (SSSR count). The van der Waals surface area contributed by atoms with E-state index in [9.17, 15) is 4.79 Å². The molecule has 0 bridgehead atoms. The second-order valence-corrected chi connectivity index (χ2v) is 6.09. The van der Waals surface area contributed by atoms with Crippen molar-refractivity contribution in [3.8, 4) is 0 Å². The molecule has 7 nitrogen and oxygen atoms in total. The Morgan fingerprint density at radius 1 is 1.22 bits per heavy atom. The molecule has 2 aromatic rings. The second-order valence-electron chi connectivity index (χ2n) is 6.09. The molecular weight excluding hydrogens is 292 g/mol. The Labute approximate surface area is 135 Å². The van der Waals surface area contributed by atoms with E-state index >= 15 is 0 Å². The normalized spacial score (nSPS) is 15.7. The van der Waals surface area contributed by atoms with E-state index in [0.717, 1.165) is 43.3 Å². The Morgan fingerprint density at radius 2 is 1.87 bits per heavy atom. The zero-order chi connectivity index (χ0) is 16.4. The standard InChI is InChI=1S/C16H22N6O/c1-11-8-12(2)19-16(18-11)22-6-4-14(5-7-22)20-15(23)13-9-17-21(3)10-13/h8-10,14H,4-7H2,1-3H3,(H,20,23). The number of nitrogens with zero attached hydrogens (tertiary/aromatic N) is 5. The summed E-state index contributed by atoms with van der Waals surface area (Å²) >= 11 is 0. The summed E-state index contributed by atoms with van der Waals surface area (Å²) in [4.78, 5) is 23.4. The molecule has 0 atom stereocenters. The average Bonchev–Trinajstić information content (AvgIpc) is 2.94. The first-order chi connectivity index (χ1) is 11.0. The molecule has 7 heteroatoms. The Hall–Kier alpha value is -2.44. The maximum absolute atomic E-state index is 12.2. The second kappa shape index (κ2) is 6.36. The SMILES string of the molecule is Cc1cc(C)nc(N2CCC(NC(=O)c3cnn(C)c3)CC2)n1. The lowest BCUT2D eigenvalue weighted by molar-refractivity contribution is 0.0931. The minimum Gasteiger partial charge on any atom is -0.349 e. The van der Waals surface area contributed by atoms with Gasteiger partial charge in [-0.15, -0.1) is 0 Å².